The van der Waals surface area contributed by atoms with Crippen molar-refractivity contribution in [3.63, 3.8) is 0 Å². The van der Waals surface area contributed by atoms with E-state index in [1.807, 2.05) is 6.92 Å². The van der Waals surface area contributed by atoms with Gasteiger partial charge in [0.1, 0.15) is 11.4 Å². The van der Waals surface area contributed by atoms with Crippen LogP contribution in [0.5, 0.6) is 0 Å². The number of carbonyl (C=O) groups is 1. The molecular weight excluding hydrogens is 246 g/mol. The highest BCUT2D eigenvalue weighted by Crippen LogP contribution is 2.19. The van der Waals surface area contributed by atoms with Gasteiger partial charge >= 0.3 is 0 Å². The van der Waals surface area contributed by atoms with Crippen LogP contribution in [-0.4, -0.2) is 27.3 Å². The van der Waals surface area contributed by atoms with E-state index in [0.29, 0.717) is 17.9 Å². The second-order valence-electron chi connectivity index (χ2n) is 4.52. The summed E-state index contributed by atoms with van der Waals surface area (Å²) in [6, 6.07) is 3.36. The standard InChI is InChI=1S/C13H17N3O3/c1-3-16-8-10(7-15-16)12(17)14-9-13(2,18)11-5-4-6-19-11/h4-8,18H,3,9H2,1-2H3,(H,14,17). The van der Waals surface area contributed by atoms with Crippen LogP contribution < -0.4 is 5.32 Å². The van der Waals surface area contributed by atoms with E-state index in [2.05, 4.69) is 10.4 Å². The molecule has 0 spiro atoms. The quantitative estimate of drug-likeness (QED) is 0.847. The number of aryl methyl sites for hydroxylation is 1. The number of aliphatic hydroxyl groups is 1. The molecule has 0 aliphatic carbocycles. The fraction of sp³-hybridized carbons (Fsp3) is 0.385. The molecular formula is C13H17N3O3. The smallest absolute Gasteiger partial charge is 0.254 e. The molecule has 2 aromatic heterocycles. The van der Waals surface area contributed by atoms with Crippen LogP contribution in [0.2, 0.25) is 0 Å². The van der Waals surface area contributed by atoms with E-state index in [9.17, 15) is 9.90 Å². The minimum Gasteiger partial charge on any atom is -0.466 e. The summed E-state index contributed by atoms with van der Waals surface area (Å²) in [4.78, 5) is 11.9. The molecule has 1 unspecified atom stereocenters. The summed E-state index contributed by atoms with van der Waals surface area (Å²) in [5, 5.41) is 16.9. The molecule has 6 nitrogen and oxygen atoms in total. The lowest BCUT2D eigenvalue weighted by molar-refractivity contribution is 0.0330. The number of aromatic nitrogens is 2. The fourth-order valence-corrected chi connectivity index (χ4v) is 1.68. The maximum atomic E-state index is 11.9. The van der Waals surface area contributed by atoms with Crippen molar-refractivity contribution in [2.45, 2.75) is 26.0 Å². The van der Waals surface area contributed by atoms with Gasteiger partial charge in [0.2, 0.25) is 0 Å². The number of amides is 1. The first-order valence-corrected chi connectivity index (χ1v) is 6.10. The molecule has 102 valence electrons. The molecule has 0 saturated carbocycles. The van der Waals surface area contributed by atoms with Crippen molar-refractivity contribution >= 4 is 5.91 Å². The third kappa shape index (κ3) is 3.03. The largest absolute Gasteiger partial charge is 0.466 e. The summed E-state index contributed by atoms with van der Waals surface area (Å²) in [5.41, 5.74) is -0.767. The number of hydrogen-bond donors (Lipinski definition) is 2. The molecule has 0 aliphatic heterocycles. The minimum absolute atomic E-state index is 0.0661. The Morgan fingerprint density at radius 3 is 3.00 bits per heavy atom. The van der Waals surface area contributed by atoms with Crippen LogP contribution in [0, 0.1) is 0 Å². The van der Waals surface area contributed by atoms with Gasteiger partial charge in [-0.3, -0.25) is 9.48 Å². The monoisotopic (exact) mass is 263 g/mol. The summed E-state index contributed by atoms with van der Waals surface area (Å²) < 4.78 is 6.81. The van der Waals surface area contributed by atoms with Gasteiger partial charge in [-0.2, -0.15) is 5.10 Å². The van der Waals surface area contributed by atoms with Crippen molar-refractivity contribution in [2.75, 3.05) is 6.54 Å². The second kappa shape index (κ2) is 5.27. The van der Waals surface area contributed by atoms with Crippen LogP contribution in [0.3, 0.4) is 0 Å². The molecule has 0 fully saturated rings. The van der Waals surface area contributed by atoms with Crippen molar-refractivity contribution in [1.29, 1.82) is 0 Å². The Kier molecular flexibility index (Phi) is 3.71. The SMILES string of the molecule is CCn1cc(C(=O)NCC(C)(O)c2ccco2)cn1. The Hall–Kier alpha value is -2.08. The van der Waals surface area contributed by atoms with E-state index in [4.69, 9.17) is 4.42 Å². The van der Waals surface area contributed by atoms with E-state index in [0.717, 1.165) is 0 Å². The number of carbonyl (C=O) groups excluding carboxylic acids is 1. The van der Waals surface area contributed by atoms with Gasteiger partial charge in [-0.05, 0) is 26.0 Å². The van der Waals surface area contributed by atoms with E-state index in [-0.39, 0.29) is 12.5 Å². The average molecular weight is 263 g/mol. The highest BCUT2D eigenvalue weighted by Gasteiger charge is 2.27. The van der Waals surface area contributed by atoms with Crippen LogP contribution in [0.4, 0.5) is 0 Å². The highest BCUT2D eigenvalue weighted by atomic mass is 16.4. The van der Waals surface area contributed by atoms with Gasteiger partial charge < -0.3 is 14.8 Å². The van der Waals surface area contributed by atoms with Gasteiger partial charge in [-0.1, -0.05) is 0 Å². The zero-order valence-corrected chi connectivity index (χ0v) is 11.0. The molecule has 0 radical (unpaired) electrons. The average Bonchev–Trinajstić information content (AvgIpc) is 3.06. The van der Waals surface area contributed by atoms with Gasteiger partial charge in [0.25, 0.3) is 5.91 Å². The molecule has 0 aromatic carbocycles. The number of hydrogen-bond acceptors (Lipinski definition) is 4. The van der Waals surface area contributed by atoms with Gasteiger partial charge in [-0.15, -0.1) is 0 Å². The lowest BCUT2D eigenvalue weighted by Gasteiger charge is -2.20. The van der Waals surface area contributed by atoms with E-state index >= 15 is 0 Å². The maximum absolute atomic E-state index is 11.9. The number of nitrogens with zero attached hydrogens (tertiary/aromatic N) is 2. The van der Waals surface area contributed by atoms with Crippen LogP contribution in [-0.2, 0) is 12.1 Å². The van der Waals surface area contributed by atoms with Gasteiger partial charge in [0, 0.05) is 12.7 Å². The Morgan fingerprint density at radius 2 is 2.42 bits per heavy atom. The van der Waals surface area contributed by atoms with Crippen molar-refractivity contribution in [3.05, 3.63) is 42.1 Å². The van der Waals surface area contributed by atoms with Crippen molar-refractivity contribution in [2.24, 2.45) is 0 Å². The van der Waals surface area contributed by atoms with Crippen molar-refractivity contribution < 1.29 is 14.3 Å². The predicted octanol–water partition coefficient (Wildman–Crippen LogP) is 1.13. The first kappa shape index (κ1) is 13.4. The fourth-order valence-electron chi connectivity index (χ4n) is 1.68. The Morgan fingerprint density at radius 1 is 1.63 bits per heavy atom. The maximum Gasteiger partial charge on any atom is 0.254 e. The molecule has 2 N–H and O–H groups in total. The van der Waals surface area contributed by atoms with Crippen molar-refractivity contribution in [3.8, 4) is 0 Å². The molecule has 0 aliphatic rings. The minimum atomic E-state index is -1.24. The van der Waals surface area contributed by atoms with E-state index < -0.39 is 5.60 Å². The summed E-state index contributed by atoms with van der Waals surface area (Å²) in [7, 11) is 0. The molecule has 2 aromatic rings. The second-order valence-corrected chi connectivity index (χ2v) is 4.52. The van der Waals surface area contributed by atoms with Gasteiger partial charge in [0.15, 0.2) is 0 Å². The van der Waals surface area contributed by atoms with Crippen LogP contribution in [0.15, 0.2) is 35.2 Å². The molecule has 6 heteroatoms. The van der Waals surface area contributed by atoms with Crippen LogP contribution in [0.1, 0.15) is 30.0 Å². The zero-order valence-electron chi connectivity index (χ0n) is 11.0. The topological polar surface area (TPSA) is 80.3 Å². The lowest BCUT2D eigenvalue weighted by atomic mass is 10.0. The normalized spacial score (nSPS) is 14.1. The first-order valence-electron chi connectivity index (χ1n) is 6.10. The third-order valence-corrected chi connectivity index (χ3v) is 2.86. The molecule has 2 rings (SSSR count). The Bertz CT molecular complexity index is 543. The molecule has 2 heterocycles. The van der Waals surface area contributed by atoms with Crippen LogP contribution >= 0.6 is 0 Å². The Balaban J connectivity index is 1.97. The van der Waals surface area contributed by atoms with E-state index in [1.165, 1.54) is 12.5 Å². The Labute approximate surface area is 111 Å². The molecule has 1 atom stereocenters. The van der Waals surface area contributed by atoms with Crippen LogP contribution in [0.25, 0.3) is 0 Å². The highest BCUT2D eigenvalue weighted by molar-refractivity contribution is 5.93. The van der Waals surface area contributed by atoms with E-state index in [1.54, 1.807) is 29.9 Å². The van der Waals surface area contributed by atoms with Gasteiger partial charge in [-0.25, -0.2) is 0 Å². The molecule has 19 heavy (non-hydrogen) atoms. The third-order valence-electron chi connectivity index (χ3n) is 2.86. The summed E-state index contributed by atoms with van der Waals surface area (Å²) in [6.07, 6.45) is 4.65. The van der Waals surface area contributed by atoms with Gasteiger partial charge in [0.05, 0.1) is 24.6 Å². The van der Waals surface area contributed by atoms with Crippen molar-refractivity contribution in [1.82, 2.24) is 15.1 Å². The summed E-state index contributed by atoms with van der Waals surface area (Å²) in [5.74, 6) is 0.142. The summed E-state index contributed by atoms with van der Waals surface area (Å²) in [6.45, 7) is 4.30. The lowest BCUT2D eigenvalue weighted by Crippen LogP contribution is -2.38. The number of nitrogens with one attached hydrogen (secondary N) is 1. The molecule has 0 bridgehead atoms. The predicted molar refractivity (Wildman–Crippen MR) is 68.5 cm³/mol. The first-order chi connectivity index (χ1) is 9.03. The molecule has 0 saturated heterocycles. The molecule has 1 amide bonds. The zero-order chi connectivity index (χ0) is 13.9. The summed E-state index contributed by atoms with van der Waals surface area (Å²) >= 11 is 0. The number of rotatable bonds is 5. The number of furan rings is 1.